The van der Waals surface area contributed by atoms with E-state index in [-0.39, 0.29) is 34.2 Å². The molecule has 1 saturated carbocycles. The van der Waals surface area contributed by atoms with Gasteiger partial charge in [-0.1, -0.05) is 28.9 Å². The standard InChI is InChI=1S/C17H16ClF3N2O3/c18-13-14(16(25)22-11-5-7-12(24)8-6-11)23-26-15(13)9-1-3-10(4-2-9)17(19,20)21/h1-4,11-12,24H,5-8H2,(H,22,25). The Balaban J connectivity index is 1.74. The Bertz CT molecular complexity index is 782. The number of amides is 1. The first-order valence-corrected chi connectivity index (χ1v) is 8.45. The van der Waals surface area contributed by atoms with Crippen molar-refractivity contribution in [3.8, 4) is 11.3 Å². The highest BCUT2D eigenvalue weighted by molar-refractivity contribution is 6.35. The number of aliphatic hydroxyl groups excluding tert-OH is 1. The van der Waals surface area contributed by atoms with Gasteiger partial charge in [0.2, 0.25) is 0 Å². The van der Waals surface area contributed by atoms with Gasteiger partial charge >= 0.3 is 6.18 Å². The predicted octanol–water partition coefficient (Wildman–Crippen LogP) is 4.05. The smallest absolute Gasteiger partial charge is 0.393 e. The maximum atomic E-state index is 12.6. The molecule has 2 aromatic rings. The summed E-state index contributed by atoms with van der Waals surface area (Å²) in [6.45, 7) is 0. The van der Waals surface area contributed by atoms with Crippen LogP contribution < -0.4 is 5.32 Å². The second-order valence-corrected chi connectivity index (χ2v) is 6.61. The molecule has 1 aromatic carbocycles. The minimum atomic E-state index is -4.44. The summed E-state index contributed by atoms with van der Waals surface area (Å²) in [5.41, 5.74) is -0.627. The summed E-state index contributed by atoms with van der Waals surface area (Å²) < 4.78 is 43.0. The first-order valence-electron chi connectivity index (χ1n) is 8.07. The van der Waals surface area contributed by atoms with Gasteiger partial charge in [-0.05, 0) is 37.8 Å². The number of benzene rings is 1. The van der Waals surface area contributed by atoms with Crippen molar-refractivity contribution in [3.63, 3.8) is 0 Å². The molecule has 1 aliphatic rings. The molecule has 1 aliphatic carbocycles. The fourth-order valence-electron chi connectivity index (χ4n) is 2.88. The fourth-order valence-corrected chi connectivity index (χ4v) is 3.15. The molecule has 26 heavy (non-hydrogen) atoms. The minimum Gasteiger partial charge on any atom is -0.393 e. The van der Waals surface area contributed by atoms with Crippen molar-refractivity contribution in [2.24, 2.45) is 0 Å². The van der Waals surface area contributed by atoms with Crippen molar-refractivity contribution in [1.82, 2.24) is 10.5 Å². The van der Waals surface area contributed by atoms with Crippen molar-refractivity contribution < 1.29 is 27.6 Å². The van der Waals surface area contributed by atoms with Gasteiger partial charge in [0.05, 0.1) is 11.7 Å². The number of alkyl halides is 3. The maximum Gasteiger partial charge on any atom is 0.416 e. The molecular formula is C17H16ClF3N2O3. The lowest BCUT2D eigenvalue weighted by Crippen LogP contribution is -2.38. The zero-order chi connectivity index (χ0) is 18.9. The second kappa shape index (κ2) is 7.28. The van der Waals surface area contributed by atoms with Gasteiger partial charge in [-0.2, -0.15) is 13.2 Å². The van der Waals surface area contributed by atoms with E-state index in [0.29, 0.717) is 25.7 Å². The van der Waals surface area contributed by atoms with Crippen LogP contribution in [0.1, 0.15) is 41.7 Å². The largest absolute Gasteiger partial charge is 0.416 e. The Morgan fingerprint density at radius 2 is 1.81 bits per heavy atom. The van der Waals surface area contributed by atoms with Crippen molar-refractivity contribution in [3.05, 3.63) is 40.5 Å². The van der Waals surface area contributed by atoms with Crippen LogP contribution in [0, 0.1) is 0 Å². The summed E-state index contributed by atoms with van der Waals surface area (Å²) in [7, 11) is 0. The Morgan fingerprint density at radius 1 is 1.19 bits per heavy atom. The molecule has 0 unspecified atom stereocenters. The number of rotatable bonds is 3. The van der Waals surface area contributed by atoms with Crippen LogP contribution >= 0.6 is 11.6 Å². The van der Waals surface area contributed by atoms with Crippen LogP contribution in [0.25, 0.3) is 11.3 Å². The van der Waals surface area contributed by atoms with Gasteiger partial charge in [0, 0.05) is 11.6 Å². The van der Waals surface area contributed by atoms with E-state index in [1.54, 1.807) is 0 Å². The quantitative estimate of drug-likeness (QED) is 0.831. The van der Waals surface area contributed by atoms with Gasteiger partial charge in [-0.25, -0.2) is 0 Å². The van der Waals surface area contributed by atoms with Crippen LogP contribution in [0.4, 0.5) is 13.2 Å². The number of aromatic nitrogens is 1. The number of carbonyl (C=O) groups excluding carboxylic acids is 1. The van der Waals surface area contributed by atoms with Crippen LogP contribution in [-0.4, -0.2) is 28.3 Å². The Labute approximate surface area is 152 Å². The molecule has 0 atom stereocenters. The van der Waals surface area contributed by atoms with Crippen molar-refractivity contribution in [1.29, 1.82) is 0 Å². The zero-order valence-electron chi connectivity index (χ0n) is 13.5. The van der Waals surface area contributed by atoms with E-state index in [1.807, 2.05) is 0 Å². The number of hydrogen-bond acceptors (Lipinski definition) is 4. The molecule has 9 heteroatoms. The van der Waals surface area contributed by atoms with Crippen molar-refractivity contribution >= 4 is 17.5 Å². The van der Waals surface area contributed by atoms with E-state index in [4.69, 9.17) is 16.1 Å². The van der Waals surface area contributed by atoms with E-state index in [0.717, 1.165) is 12.1 Å². The molecule has 5 nitrogen and oxygen atoms in total. The third kappa shape index (κ3) is 4.02. The molecule has 1 heterocycles. The van der Waals surface area contributed by atoms with E-state index in [1.165, 1.54) is 12.1 Å². The van der Waals surface area contributed by atoms with E-state index < -0.39 is 17.6 Å². The molecule has 0 saturated heterocycles. The van der Waals surface area contributed by atoms with Gasteiger partial charge in [-0.3, -0.25) is 4.79 Å². The minimum absolute atomic E-state index is 0.0320. The van der Waals surface area contributed by atoms with Gasteiger partial charge < -0.3 is 14.9 Å². The summed E-state index contributed by atoms with van der Waals surface area (Å²) >= 11 is 6.14. The molecule has 0 spiro atoms. The lowest BCUT2D eigenvalue weighted by Gasteiger charge is -2.25. The normalized spacial score (nSPS) is 20.8. The maximum absolute atomic E-state index is 12.6. The zero-order valence-corrected chi connectivity index (χ0v) is 14.3. The third-order valence-corrected chi connectivity index (χ3v) is 4.71. The van der Waals surface area contributed by atoms with Crippen LogP contribution in [0.2, 0.25) is 5.02 Å². The highest BCUT2D eigenvalue weighted by Gasteiger charge is 2.31. The Hall–Kier alpha value is -2.06. The number of hydrogen-bond donors (Lipinski definition) is 2. The van der Waals surface area contributed by atoms with Crippen LogP contribution in [0.5, 0.6) is 0 Å². The van der Waals surface area contributed by atoms with Crippen molar-refractivity contribution in [2.45, 2.75) is 44.0 Å². The van der Waals surface area contributed by atoms with Crippen molar-refractivity contribution in [2.75, 3.05) is 0 Å². The molecule has 0 bridgehead atoms. The summed E-state index contributed by atoms with van der Waals surface area (Å²) in [6, 6.07) is 4.13. The van der Waals surface area contributed by atoms with Crippen LogP contribution in [0.15, 0.2) is 28.8 Å². The first-order chi connectivity index (χ1) is 12.3. The van der Waals surface area contributed by atoms with Gasteiger partial charge in [-0.15, -0.1) is 0 Å². The number of nitrogens with one attached hydrogen (secondary N) is 1. The van der Waals surface area contributed by atoms with Gasteiger partial charge in [0.25, 0.3) is 5.91 Å². The monoisotopic (exact) mass is 388 g/mol. The Kier molecular flexibility index (Phi) is 5.24. The average molecular weight is 389 g/mol. The second-order valence-electron chi connectivity index (χ2n) is 6.23. The highest BCUT2D eigenvalue weighted by Crippen LogP contribution is 2.34. The van der Waals surface area contributed by atoms with Gasteiger partial charge in [0.1, 0.15) is 5.02 Å². The lowest BCUT2D eigenvalue weighted by molar-refractivity contribution is -0.137. The molecule has 1 amide bonds. The molecule has 1 aromatic heterocycles. The topological polar surface area (TPSA) is 75.4 Å². The summed E-state index contributed by atoms with van der Waals surface area (Å²) in [5.74, 6) is -0.483. The summed E-state index contributed by atoms with van der Waals surface area (Å²) in [6.07, 6.45) is -2.28. The number of halogens is 4. The molecule has 1 fully saturated rings. The third-order valence-electron chi connectivity index (χ3n) is 4.36. The molecule has 3 rings (SSSR count). The van der Waals surface area contributed by atoms with E-state index >= 15 is 0 Å². The Morgan fingerprint density at radius 3 is 2.38 bits per heavy atom. The number of aliphatic hydroxyl groups is 1. The summed E-state index contributed by atoms with van der Waals surface area (Å²) in [4.78, 5) is 12.3. The molecule has 140 valence electrons. The predicted molar refractivity (Wildman–Crippen MR) is 87.7 cm³/mol. The SMILES string of the molecule is O=C(NC1CCC(O)CC1)c1noc(-c2ccc(C(F)(F)F)cc2)c1Cl. The van der Waals surface area contributed by atoms with Crippen LogP contribution in [0.3, 0.4) is 0 Å². The summed E-state index contributed by atoms with van der Waals surface area (Å²) in [5, 5.41) is 15.9. The fraction of sp³-hybridized carbons (Fsp3) is 0.412. The molecule has 2 N–H and O–H groups in total. The first kappa shape index (κ1) is 18.7. The number of nitrogens with zero attached hydrogens (tertiary/aromatic N) is 1. The van der Waals surface area contributed by atoms with Crippen LogP contribution in [-0.2, 0) is 6.18 Å². The number of carbonyl (C=O) groups is 1. The highest BCUT2D eigenvalue weighted by atomic mass is 35.5. The average Bonchev–Trinajstić information content (AvgIpc) is 2.98. The van der Waals surface area contributed by atoms with E-state index in [2.05, 4.69) is 10.5 Å². The lowest BCUT2D eigenvalue weighted by atomic mass is 9.93. The molecular weight excluding hydrogens is 373 g/mol. The van der Waals surface area contributed by atoms with Gasteiger partial charge in [0.15, 0.2) is 11.5 Å². The molecule has 0 aliphatic heterocycles. The van der Waals surface area contributed by atoms with E-state index in [9.17, 15) is 23.1 Å². The molecule has 0 radical (unpaired) electrons.